The van der Waals surface area contributed by atoms with Crippen LogP contribution in [0.3, 0.4) is 0 Å². The molecule has 28 heavy (non-hydrogen) atoms. The zero-order chi connectivity index (χ0) is 20.7. The number of hydrogen-bond acceptors (Lipinski definition) is 5. The zero-order valence-corrected chi connectivity index (χ0v) is 17.3. The quantitative estimate of drug-likeness (QED) is 0.629. The Labute approximate surface area is 167 Å². The Bertz CT molecular complexity index is 631. The Morgan fingerprint density at radius 1 is 1.25 bits per heavy atom. The molecule has 1 heterocycles. The first kappa shape index (κ1) is 22.2. The van der Waals surface area contributed by atoms with Gasteiger partial charge in [0.05, 0.1) is 12.0 Å². The first-order chi connectivity index (χ1) is 13.3. The number of ether oxygens (including phenoxy) is 2. The van der Waals surface area contributed by atoms with Crippen molar-refractivity contribution >= 4 is 12.1 Å². The van der Waals surface area contributed by atoms with Crippen LogP contribution >= 0.6 is 0 Å². The third kappa shape index (κ3) is 6.23. The fraction of sp³-hybridized carbons (Fsp3) is 0.636. The van der Waals surface area contributed by atoms with Crippen LogP contribution in [0.2, 0.25) is 0 Å². The molecule has 156 valence electrons. The lowest BCUT2D eigenvalue weighted by atomic mass is 9.85. The van der Waals surface area contributed by atoms with Crippen molar-refractivity contribution in [3.05, 3.63) is 35.9 Å². The van der Waals surface area contributed by atoms with Gasteiger partial charge in [-0.1, -0.05) is 58.0 Å². The summed E-state index contributed by atoms with van der Waals surface area (Å²) in [5.74, 6) is 0.0431. The SMILES string of the molecule is CC(C)[C@@H](CO)C[C@H](NC(=O)OCc1ccccc1)[C@@H]1C[C@@H](C(C)C)C(=O)O1. The minimum atomic E-state index is -0.543. The molecule has 1 saturated heterocycles. The van der Waals surface area contributed by atoms with E-state index >= 15 is 0 Å². The molecule has 1 aromatic rings. The number of nitrogens with one attached hydrogen (secondary N) is 1. The second kappa shape index (κ2) is 10.5. The van der Waals surface area contributed by atoms with Crippen molar-refractivity contribution in [1.82, 2.24) is 5.32 Å². The van der Waals surface area contributed by atoms with Crippen LogP contribution in [0.15, 0.2) is 30.3 Å². The predicted octanol–water partition coefficient (Wildman–Crippen LogP) is 3.52. The average molecular weight is 392 g/mol. The number of aliphatic hydroxyl groups is 1. The summed E-state index contributed by atoms with van der Waals surface area (Å²) in [4.78, 5) is 24.6. The number of hydrogen-bond donors (Lipinski definition) is 2. The van der Waals surface area contributed by atoms with Gasteiger partial charge in [-0.05, 0) is 36.2 Å². The highest BCUT2D eigenvalue weighted by Gasteiger charge is 2.41. The van der Waals surface area contributed by atoms with Crippen LogP contribution in [0, 0.1) is 23.7 Å². The maximum atomic E-state index is 12.4. The van der Waals surface area contributed by atoms with Gasteiger partial charge < -0.3 is 19.9 Å². The molecule has 6 heteroatoms. The number of alkyl carbamates (subject to hydrolysis) is 1. The molecule has 1 aromatic carbocycles. The molecule has 6 nitrogen and oxygen atoms in total. The maximum absolute atomic E-state index is 12.4. The molecular weight excluding hydrogens is 358 g/mol. The highest BCUT2D eigenvalue weighted by molar-refractivity contribution is 5.75. The minimum Gasteiger partial charge on any atom is -0.460 e. The lowest BCUT2D eigenvalue weighted by Crippen LogP contribution is -2.45. The van der Waals surface area contributed by atoms with E-state index in [4.69, 9.17) is 9.47 Å². The minimum absolute atomic E-state index is 0.00350. The van der Waals surface area contributed by atoms with Gasteiger partial charge in [-0.2, -0.15) is 0 Å². The molecule has 1 aliphatic rings. The molecule has 1 aliphatic heterocycles. The van der Waals surface area contributed by atoms with Crippen LogP contribution in [0.5, 0.6) is 0 Å². The maximum Gasteiger partial charge on any atom is 0.407 e. The van der Waals surface area contributed by atoms with Crippen molar-refractivity contribution in [2.45, 2.75) is 59.3 Å². The van der Waals surface area contributed by atoms with Gasteiger partial charge in [0.1, 0.15) is 12.7 Å². The summed E-state index contributed by atoms with van der Waals surface area (Å²) in [5, 5.41) is 12.6. The van der Waals surface area contributed by atoms with Crippen LogP contribution in [-0.2, 0) is 20.9 Å². The van der Waals surface area contributed by atoms with Gasteiger partial charge in [-0.25, -0.2) is 4.79 Å². The van der Waals surface area contributed by atoms with E-state index in [0.717, 1.165) is 5.56 Å². The second-order valence-electron chi connectivity index (χ2n) is 8.30. The fourth-order valence-electron chi connectivity index (χ4n) is 3.53. The molecule has 1 amide bonds. The number of amides is 1. The van der Waals surface area contributed by atoms with E-state index in [-0.39, 0.29) is 42.9 Å². The van der Waals surface area contributed by atoms with Gasteiger partial charge in [-0.15, -0.1) is 0 Å². The van der Waals surface area contributed by atoms with Crippen LogP contribution in [0.1, 0.15) is 46.1 Å². The smallest absolute Gasteiger partial charge is 0.407 e. The van der Waals surface area contributed by atoms with E-state index in [9.17, 15) is 14.7 Å². The second-order valence-corrected chi connectivity index (χ2v) is 8.30. The molecule has 0 bridgehead atoms. The molecule has 2 rings (SSSR count). The van der Waals surface area contributed by atoms with E-state index in [1.807, 2.05) is 58.0 Å². The lowest BCUT2D eigenvalue weighted by Gasteiger charge is -2.28. The predicted molar refractivity (Wildman–Crippen MR) is 106 cm³/mol. The third-order valence-electron chi connectivity index (χ3n) is 5.56. The van der Waals surface area contributed by atoms with E-state index in [2.05, 4.69) is 5.32 Å². The Balaban J connectivity index is 2.03. The standard InChI is InChI=1S/C22H33NO5/c1-14(2)17(12-24)10-19(20-11-18(15(3)4)21(25)28-20)23-22(26)27-13-16-8-6-5-7-9-16/h5-9,14-15,17-20,24H,10-13H2,1-4H3,(H,23,26)/t17-,18+,19+,20+/m1/s1. The molecule has 0 spiro atoms. The number of carbonyl (C=O) groups excluding carboxylic acids is 2. The number of carbonyl (C=O) groups is 2. The number of benzene rings is 1. The van der Waals surface area contributed by atoms with Gasteiger partial charge in [0, 0.05) is 6.61 Å². The largest absolute Gasteiger partial charge is 0.460 e. The van der Waals surface area contributed by atoms with Gasteiger partial charge in [0.25, 0.3) is 0 Å². The zero-order valence-electron chi connectivity index (χ0n) is 17.3. The van der Waals surface area contributed by atoms with E-state index in [1.54, 1.807) is 0 Å². The molecule has 0 saturated carbocycles. The summed E-state index contributed by atoms with van der Waals surface area (Å²) < 4.78 is 10.9. The molecular formula is C22H33NO5. The molecule has 4 atom stereocenters. The number of aliphatic hydroxyl groups excluding tert-OH is 1. The van der Waals surface area contributed by atoms with Crippen molar-refractivity contribution in [2.75, 3.05) is 6.61 Å². The van der Waals surface area contributed by atoms with Crippen molar-refractivity contribution in [1.29, 1.82) is 0 Å². The van der Waals surface area contributed by atoms with Crippen LogP contribution in [0.4, 0.5) is 4.79 Å². The summed E-state index contributed by atoms with van der Waals surface area (Å²) in [6.07, 6.45) is 0.142. The van der Waals surface area contributed by atoms with Crippen LogP contribution in [0.25, 0.3) is 0 Å². The van der Waals surface area contributed by atoms with Crippen molar-refractivity contribution in [3.8, 4) is 0 Å². The monoisotopic (exact) mass is 391 g/mol. The fourth-order valence-corrected chi connectivity index (χ4v) is 3.53. The first-order valence-corrected chi connectivity index (χ1v) is 10.1. The Morgan fingerprint density at radius 3 is 2.46 bits per heavy atom. The van der Waals surface area contributed by atoms with Gasteiger partial charge >= 0.3 is 12.1 Å². The normalized spacial score (nSPS) is 21.5. The average Bonchev–Trinajstić information content (AvgIpc) is 3.06. The summed E-state index contributed by atoms with van der Waals surface area (Å²) in [5.41, 5.74) is 0.900. The summed E-state index contributed by atoms with van der Waals surface area (Å²) in [6.45, 7) is 8.24. The third-order valence-corrected chi connectivity index (χ3v) is 5.56. The molecule has 2 N–H and O–H groups in total. The number of rotatable bonds is 9. The Kier molecular flexibility index (Phi) is 8.30. The molecule has 1 fully saturated rings. The Morgan fingerprint density at radius 2 is 1.93 bits per heavy atom. The summed E-state index contributed by atoms with van der Waals surface area (Å²) >= 11 is 0. The molecule has 0 radical (unpaired) electrons. The van der Waals surface area contributed by atoms with Crippen LogP contribution < -0.4 is 5.32 Å². The molecule has 0 unspecified atom stereocenters. The lowest BCUT2D eigenvalue weighted by molar-refractivity contribution is -0.146. The van der Waals surface area contributed by atoms with Crippen molar-refractivity contribution < 1.29 is 24.2 Å². The van der Waals surface area contributed by atoms with Crippen molar-refractivity contribution in [3.63, 3.8) is 0 Å². The van der Waals surface area contributed by atoms with Gasteiger partial charge in [-0.3, -0.25) is 4.79 Å². The molecule has 0 aromatic heterocycles. The van der Waals surface area contributed by atoms with E-state index in [1.165, 1.54) is 0 Å². The highest BCUT2D eigenvalue weighted by Crippen LogP contribution is 2.32. The van der Waals surface area contributed by atoms with Crippen molar-refractivity contribution in [2.24, 2.45) is 23.7 Å². The molecule has 0 aliphatic carbocycles. The number of esters is 1. The van der Waals surface area contributed by atoms with Crippen LogP contribution in [-0.4, -0.2) is 35.9 Å². The first-order valence-electron chi connectivity index (χ1n) is 10.1. The van der Waals surface area contributed by atoms with Gasteiger partial charge in [0.2, 0.25) is 0 Å². The topological polar surface area (TPSA) is 84.9 Å². The van der Waals surface area contributed by atoms with Gasteiger partial charge in [0.15, 0.2) is 0 Å². The Hall–Kier alpha value is -2.08. The van der Waals surface area contributed by atoms with E-state index < -0.39 is 18.2 Å². The highest BCUT2D eigenvalue weighted by atomic mass is 16.6. The summed E-state index contributed by atoms with van der Waals surface area (Å²) in [6, 6.07) is 9.06. The van der Waals surface area contributed by atoms with E-state index in [0.29, 0.717) is 12.8 Å². The summed E-state index contributed by atoms with van der Waals surface area (Å²) in [7, 11) is 0. The number of cyclic esters (lactones) is 1.